The van der Waals surface area contributed by atoms with Gasteiger partial charge >= 0.3 is 0 Å². The van der Waals surface area contributed by atoms with Crippen LogP contribution in [0.5, 0.6) is 5.75 Å². The molecule has 0 spiro atoms. The SMILES string of the molecule is CC(C)(C)/C=C/c1cccc(O)c1. The van der Waals surface area contributed by atoms with E-state index in [9.17, 15) is 5.11 Å². The third-order valence-electron chi connectivity index (χ3n) is 1.65. The highest BCUT2D eigenvalue weighted by Gasteiger charge is 2.03. The van der Waals surface area contributed by atoms with Gasteiger partial charge in [0.1, 0.15) is 5.75 Å². The summed E-state index contributed by atoms with van der Waals surface area (Å²) < 4.78 is 0. The molecule has 0 saturated heterocycles. The van der Waals surface area contributed by atoms with Crippen molar-refractivity contribution in [1.29, 1.82) is 0 Å². The molecule has 0 aliphatic heterocycles. The molecule has 0 bridgehead atoms. The minimum atomic E-state index is 0.186. The first-order valence-corrected chi connectivity index (χ1v) is 4.46. The van der Waals surface area contributed by atoms with Crippen molar-refractivity contribution in [3.63, 3.8) is 0 Å². The normalized spacial score (nSPS) is 12.2. The van der Waals surface area contributed by atoms with Crippen LogP contribution in [0.25, 0.3) is 6.08 Å². The molecule has 0 amide bonds. The van der Waals surface area contributed by atoms with E-state index in [1.807, 2.05) is 18.2 Å². The molecular weight excluding hydrogens is 160 g/mol. The summed E-state index contributed by atoms with van der Waals surface area (Å²) in [5, 5.41) is 9.21. The van der Waals surface area contributed by atoms with Crippen LogP contribution in [0.1, 0.15) is 26.3 Å². The van der Waals surface area contributed by atoms with E-state index in [-0.39, 0.29) is 5.41 Å². The van der Waals surface area contributed by atoms with Crippen molar-refractivity contribution in [2.24, 2.45) is 5.41 Å². The molecule has 1 heteroatoms. The van der Waals surface area contributed by atoms with Crippen molar-refractivity contribution in [3.05, 3.63) is 35.9 Å². The molecule has 1 N–H and O–H groups in total. The maximum Gasteiger partial charge on any atom is 0.116 e. The van der Waals surface area contributed by atoms with E-state index in [1.165, 1.54) is 0 Å². The number of phenolic OH excluding ortho intramolecular Hbond substituents is 1. The number of hydrogen-bond donors (Lipinski definition) is 1. The molecular formula is C12H16O. The van der Waals surface area contributed by atoms with Gasteiger partial charge in [-0.2, -0.15) is 0 Å². The van der Waals surface area contributed by atoms with Crippen molar-refractivity contribution in [1.82, 2.24) is 0 Å². The molecule has 0 radical (unpaired) electrons. The van der Waals surface area contributed by atoms with Crippen LogP contribution in [-0.4, -0.2) is 5.11 Å². The van der Waals surface area contributed by atoms with Gasteiger partial charge in [-0.15, -0.1) is 0 Å². The molecule has 1 aromatic carbocycles. The van der Waals surface area contributed by atoms with Gasteiger partial charge in [0.2, 0.25) is 0 Å². The third kappa shape index (κ3) is 3.79. The van der Waals surface area contributed by atoms with Gasteiger partial charge in [0.25, 0.3) is 0 Å². The highest BCUT2D eigenvalue weighted by atomic mass is 16.3. The third-order valence-corrected chi connectivity index (χ3v) is 1.65. The molecule has 0 aliphatic rings. The second kappa shape index (κ2) is 3.65. The second-order valence-corrected chi connectivity index (χ2v) is 4.29. The molecule has 1 aromatic rings. The van der Waals surface area contributed by atoms with E-state index in [0.717, 1.165) is 5.56 Å². The van der Waals surface area contributed by atoms with Crippen LogP contribution in [0.2, 0.25) is 0 Å². The van der Waals surface area contributed by atoms with Gasteiger partial charge in [0.15, 0.2) is 0 Å². The van der Waals surface area contributed by atoms with E-state index in [0.29, 0.717) is 5.75 Å². The summed E-state index contributed by atoms with van der Waals surface area (Å²) in [5.74, 6) is 0.316. The molecule has 0 atom stereocenters. The topological polar surface area (TPSA) is 20.2 Å². The summed E-state index contributed by atoms with van der Waals surface area (Å²) in [5.41, 5.74) is 1.22. The summed E-state index contributed by atoms with van der Waals surface area (Å²) in [4.78, 5) is 0. The fraction of sp³-hybridized carbons (Fsp3) is 0.333. The maximum atomic E-state index is 9.21. The molecule has 0 saturated carbocycles. The Morgan fingerprint density at radius 2 is 1.92 bits per heavy atom. The molecule has 0 unspecified atom stereocenters. The standard InChI is InChI=1S/C12H16O/c1-12(2,3)8-7-10-5-4-6-11(13)9-10/h4-9,13H,1-3H3/b8-7+. The van der Waals surface area contributed by atoms with E-state index >= 15 is 0 Å². The van der Waals surface area contributed by atoms with E-state index in [2.05, 4.69) is 26.8 Å². The second-order valence-electron chi connectivity index (χ2n) is 4.29. The van der Waals surface area contributed by atoms with Gasteiger partial charge in [-0.05, 0) is 23.1 Å². The Morgan fingerprint density at radius 1 is 1.23 bits per heavy atom. The quantitative estimate of drug-likeness (QED) is 0.694. The molecule has 0 aromatic heterocycles. The Kier molecular flexibility index (Phi) is 2.76. The van der Waals surface area contributed by atoms with Crippen molar-refractivity contribution in [2.75, 3.05) is 0 Å². The smallest absolute Gasteiger partial charge is 0.116 e. The first-order chi connectivity index (χ1) is 5.97. The van der Waals surface area contributed by atoms with Crippen LogP contribution >= 0.6 is 0 Å². The number of allylic oxidation sites excluding steroid dienone is 1. The van der Waals surface area contributed by atoms with E-state index in [4.69, 9.17) is 0 Å². The Morgan fingerprint density at radius 3 is 2.46 bits per heavy atom. The van der Waals surface area contributed by atoms with Crippen molar-refractivity contribution in [3.8, 4) is 5.75 Å². The first-order valence-electron chi connectivity index (χ1n) is 4.46. The fourth-order valence-electron chi connectivity index (χ4n) is 0.975. The predicted molar refractivity (Wildman–Crippen MR) is 56.6 cm³/mol. The lowest BCUT2D eigenvalue weighted by atomic mass is 9.95. The van der Waals surface area contributed by atoms with Gasteiger partial charge < -0.3 is 5.11 Å². The molecule has 70 valence electrons. The lowest BCUT2D eigenvalue weighted by molar-refractivity contribution is 0.475. The van der Waals surface area contributed by atoms with Crippen LogP contribution < -0.4 is 0 Å². The number of benzene rings is 1. The summed E-state index contributed by atoms with van der Waals surface area (Å²) in [6, 6.07) is 7.25. The van der Waals surface area contributed by atoms with Gasteiger partial charge in [0, 0.05) is 0 Å². The van der Waals surface area contributed by atoms with Crippen LogP contribution in [0.15, 0.2) is 30.3 Å². The lowest BCUT2D eigenvalue weighted by Crippen LogP contribution is -1.97. The minimum absolute atomic E-state index is 0.186. The average Bonchev–Trinajstić information content (AvgIpc) is 2.00. The van der Waals surface area contributed by atoms with Crippen molar-refractivity contribution in [2.45, 2.75) is 20.8 Å². The van der Waals surface area contributed by atoms with Crippen LogP contribution in [-0.2, 0) is 0 Å². The predicted octanol–water partition coefficient (Wildman–Crippen LogP) is 3.45. The first kappa shape index (κ1) is 9.85. The largest absolute Gasteiger partial charge is 0.508 e. The summed E-state index contributed by atoms with van der Waals surface area (Å²) in [6.07, 6.45) is 4.15. The highest BCUT2D eigenvalue weighted by molar-refractivity contribution is 5.52. The summed E-state index contributed by atoms with van der Waals surface area (Å²) >= 11 is 0. The average molecular weight is 176 g/mol. The molecule has 0 fully saturated rings. The maximum absolute atomic E-state index is 9.21. The van der Waals surface area contributed by atoms with Gasteiger partial charge in [-0.3, -0.25) is 0 Å². The van der Waals surface area contributed by atoms with Crippen LogP contribution in [0.4, 0.5) is 0 Å². The molecule has 0 heterocycles. The Labute approximate surface area is 79.7 Å². The molecule has 13 heavy (non-hydrogen) atoms. The van der Waals surface area contributed by atoms with Crippen molar-refractivity contribution >= 4 is 6.08 Å². The minimum Gasteiger partial charge on any atom is -0.508 e. The van der Waals surface area contributed by atoms with Crippen LogP contribution in [0.3, 0.4) is 0 Å². The Balaban J connectivity index is 2.80. The highest BCUT2D eigenvalue weighted by Crippen LogP contribution is 2.18. The number of hydrogen-bond acceptors (Lipinski definition) is 1. The monoisotopic (exact) mass is 176 g/mol. The number of rotatable bonds is 1. The summed E-state index contributed by atoms with van der Waals surface area (Å²) in [6.45, 7) is 6.44. The van der Waals surface area contributed by atoms with Gasteiger partial charge in [-0.25, -0.2) is 0 Å². The molecule has 0 aliphatic carbocycles. The number of aromatic hydroxyl groups is 1. The van der Waals surface area contributed by atoms with E-state index in [1.54, 1.807) is 12.1 Å². The fourth-order valence-corrected chi connectivity index (χ4v) is 0.975. The molecule has 1 nitrogen and oxygen atoms in total. The Hall–Kier alpha value is -1.24. The molecule has 1 rings (SSSR count). The van der Waals surface area contributed by atoms with Gasteiger partial charge in [0.05, 0.1) is 0 Å². The Bertz CT molecular complexity index is 305. The van der Waals surface area contributed by atoms with Crippen LogP contribution in [0, 0.1) is 5.41 Å². The van der Waals surface area contributed by atoms with Gasteiger partial charge in [-0.1, -0.05) is 45.1 Å². The zero-order chi connectivity index (χ0) is 9.90. The van der Waals surface area contributed by atoms with E-state index < -0.39 is 0 Å². The lowest BCUT2D eigenvalue weighted by Gasteiger charge is -2.10. The zero-order valence-corrected chi connectivity index (χ0v) is 8.41. The van der Waals surface area contributed by atoms with Crippen molar-refractivity contribution < 1.29 is 5.11 Å². The zero-order valence-electron chi connectivity index (χ0n) is 8.41. The number of phenols is 1. The summed E-state index contributed by atoms with van der Waals surface area (Å²) in [7, 11) is 0.